The first-order valence-corrected chi connectivity index (χ1v) is 9.28. The number of rotatable bonds is 7. The fourth-order valence-electron chi connectivity index (χ4n) is 2.76. The standard InChI is InChI=1S/C23H23N3O3/c1-16-5-10-21(17(2)12-16)29-15-22(27)25-13-18-6-8-20(9-7-18)26-23(28)19-4-3-11-24-14-19/h3-12,14H,13,15H2,1-2H3,(H,25,27)(H,26,28). The Kier molecular flexibility index (Phi) is 6.58. The van der Waals surface area contributed by atoms with E-state index in [0.717, 1.165) is 16.7 Å². The second-order valence-electron chi connectivity index (χ2n) is 6.73. The molecule has 0 aliphatic rings. The van der Waals surface area contributed by atoms with Gasteiger partial charge in [-0.15, -0.1) is 0 Å². The monoisotopic (exact) mass is 389 g/mol. The maximum atomic E-state index is 12.1. The van der Waals surface area contributed by atoms with Crippen molar-refractivity contribution in [1.82, 2.24) is 10.3 Å². The summed E-state index contributed by atoms with van der Waals surface area (Å²) in [6, 6.07) is 16.5. The minimum absolute atomic E-state index is 0.0385. The summed E-state index contributed by atoms with van der Waals surface area (Å²) in [6.07, 6.45) is 3.13. The summed E-state index contributed by atoms with van der Waals surface area (Å²) in [4.78, 5) is 28.1. The average Bonchev–Trinajstić information content (AvgIpc) is 2.73. The summed E-state index contributed by atoms with van der Waals surface area (Å²) in [5, 5.41) is 5.64. The first-order valence-electron chi connectivity index (χ1n) is 9.28. The third kappa shape index (κ3) is 5.90. The number of hydrogen-bond donors (Lipinski definition) is 2. The number of hydrogen-bond acceptors (Lipinski definition) is 4. The molecule has 2 N–H and O–H groups in total. The molecule has 6 heteroatoms. The van der Waals surface area contributed by atoms with Crippen molar-refractivity contribution in [2.75, 3.05) is 11.9 Å². The van der Waals surface area contributed by atoms with Crippen molar-refractivity contribution in [3.63, 3.8) is 0 Å². The van der Waals surface area contributed by atoms with Crippen LogP contribution in [0.15, 0.2) is 67.0 Å². The van der Waals surface area contributed by atoms with Crippen molar-refractivity contribution < 1.29 is 14.3 Å². The summed E-state index contributed by atoms with van der Waals surface area (Å²) in [7, 11) is 0. The van der Waals surface area contributed by atoms with Gasteiger partial charge in [0.05, 0.1) is 5.56 Å². The number of anilines is 1. The molecule has 3 rings (SSSR count). The van der Waals surface area contributed by atoms with E-state index in [0.29, 0.717) is 23.5 Å². The van der Waals surface area contributed by atoms with E-state index in [4.69, 9.17) is 4.74 Å². The number of aryl methyl sites for hydroxylation is 2. The van der Waals surface area contributed by atoms with E-state index in [2.05, 4.69) is 15.6 Å². The normalized spacial score (nSPS) is 10.3. The van der Waals surface area contributed by atoms with Gasteiger partial charge in [0.1, 0.15) is 5.75 Å². The fraction of sp³-hybridized carbons (Fsp3) is 0.174. The van der Waals surface area contributed by atoms with Crippen molar-refractivity contribution in [3.8, 4) is 5.75 Å². The minimum Gasteiger partial charge on any atom is -0.484 e. The third-order valence-corrected chi connectivity index (χ3v) is 4.31. The molecular formula is C23H23N3O3. The summed E-state index contributed by atoms with van der Waals surface area (Å²) in [5.74, 6) is 0.293. The predicted octanol–water partition coefficient (Wildman–Crippen LogP) is 3.65. The van der Waals surface area contributed by atoms with Crippen molar-refractivity contribution in [3.05, 3.63) is 89.2 Å². The van der Waals surface area contributed by atoms with E-state index < -0.39 is 0 Å². The highest BCUT2D eigenvalue weighted by Gasteiger charge is 2.07. The Morgan fingerprint density at radius 1 is 1.03 bits per heavy atom. The van der Waals surface area contributed by atoms with E-state index in [1.54, 1.807) is 30.5 Å². The Labute approximate surface area is 169 Å². The molecule has 0 atom stereocenters. The lowest BCUT2D eigenvalue weighted by atomic mass is 10.1. The Balaban J connectivity index is 1.46. The highest BCUT2D eigenvalue weighted by Crippen LogP contribution is 2.18. The highest BCUT2D eigenvalue weighted by atomic mass is 16.5. The topological polar surface area (TPSA) is 80.3 Å². The zero-order chi connectivity index (χ0) is 20.6. The lowest BCUT2D eigenvalue weighted by Gasteiger charge is -2.10. The van der Waals surface area contributed by atoms with E-state index in [1.165, 1.54) is 6.20 Å². The van der Waals surface area contributed by atoms with Crippen LogP contribution in [-0.4, -0.2) is 23.4 Å². The molecule has 1 aromatic heterocycles. The minimum atomic E-state index is -0.220. The van der Waals surface area contributed by atoms with Crippen molar-refractivity contribution in [1.29, 1.82) is 0 Å². The largest absolute Gasteiger partial charge is 0.484 e. The van der Waals surface area contributed by atoms with E-state index in [9.17, 15) is 9.59 Å². The molecule has 2 aromatic carbocycles. The Morgan fingerprint density at radius 2 is 1.83 bits per heavy atom. The fourth-order valence-corrected chi connectivity index (χ4v) is 2.76. The van der Waals surface area contributed by atoms with Crippen LogP contribution in [0.4, 0.5) is 5.69 Å². The Bertz CT molecular complexity index is 986. The van der Waals surface area contributed by atoms with Gasteiger partial charge in [0.25, 0.3) is 11.8 Å². The van der Waals surface area contributed by atoms with Crippen LogP contribution in [0, 0.1) is 13.8 Å². The Morgan fingerprint density at radius 3 is 2.52 bits per heavy atom. The van der Waals surface area contributed by atoms with Crippen LogP contribution in [-0.2, 0) is 11.3 Å². The van der Waals surface area contributed by atoms with Gasteiger partial charge < -0.3 is 15.4 Å². The summed E-state index contributed by atoms with van der Waals surface area (Å²) < 4.78 is 5.58. The molecule has 2 amide bonds. The summed E-state index contributed by atoms with van der Waals surface area (Å²) in [6.45, 7) is 4.31. The van der Waals surface area contributed by atoms with Crippen LogP contribution in [0.3, 0.4) is 0 Å². The number of pyridine rings is 1. The predicted molar refractivity (Wildman–Crippen MR) is 112 cm³/mol. The third-order valence-electron chi connectivity index (χ3n) is 4.31. The molecule has 0 unspecified atom stereocenters. The molecule has 0 spiro atoms. The molecule has 0 fully saturated rings. The van der Waals surface area contributed by atoms with Gasteiger partial charge in [-0.2, -0.15) is 0 Å². The van der Waals surface area contributed by atoms with Gasteiger partial charge in [0, 0.05) is 24.6 Å². The van der Waals surface area contributed by atoms with Gasteiger partial charge in [-0.3, -0.25) is 14.6 Å². The van der Waals surface area contributed by atoms with Gasteiger partial charge in [-0.1, -0.05) is 29.8 Å². The number of benzene rings is 2. The molecule has 0 saturated carbocycles. The smallest absolute Gasteiger partial charge is 0.258 e. The first kappa shape index (κ1) is 20.1. The molecule has 29 heavy (non-hydrogen) atoms. The van der Waals surface area contributed by atoms with Gasteiger partial charge in [-0.05, 0) is 55.3 Å². The quantitative estimate of drug-likeness (QED) is 0.646. The lowest BCUT2D eigenvalue weighted by molar-refractivity contribution is -0.123. The van der Waals surface area contributed by atoms with E-state index >= 15 is 0 Å². The molecule has 0 bridgehead atoms. The first-order chi connectivity index (χ1) is 14.0. The highest BCUT2D eigenvalue weighted by molar-refractivity contribution is 6.04. The number of nitrogens with zero attached hydrogens (tertiary/aromatic N) is 1. The molecule has 1 heterocycles. The number of carbonyl (C=O) groups is 2. The van der Waals surface area contributed by atoms with Crippen LogP contribution in [0.5, 0.6) is 5.75 Å². The number of nitrogens with one attached hydrogen (secondary N) is 2. The van der Waals surface area contributed by atoms with Crippen molar-refractivity contribution in [2.24, 2.45) is 0 Å². The van der Waals surface area contributed by atoms with Crippen LogP contribution in [0.2, 0.25) is 0 Å². The maximum absolute atomic E-state index is 12.1. The van der Waals surface area contributed by atoms with Crippen LogP contribution >= 0.6 is 0 Å². The summed E-state index contributed by atoms with van der Waals surface area (Å²) >= 11 is 0. The maximum Gasteiger partial charge on any atom is 0.258 e. The van der Waals surface area contributed by atoms with Gasteiger partial charge in [0.2, 0.25) is 0 Å². The van der Waals surface area contributed by atoms with Gasteiger partial charge >= 0.3 is 0 Å². The molecule has 0 radical (unpaired) electrons. The number of aromatic nitrogens is 1. The SMILES string of the molecule is Cc1ccc(OCC(=O)NCc2ccc(NC(=O)c3cccnc3)cc2)c(C)c1. The van der Waals surface area contributed by atoms with Gasteiger partial charge in [-0.25, -0.2) is 0 Å². The summed E-state index contributed by atoms with van der Waals surface area (Å²) in [5.41, 5.74) is 4.24. The molecule has 148 valence electrons. The zero-order valence-electron chi connectivity index (χ0n) is 16.4. The van der Waals surface area contributed by atoms with E-state index in [-0.39, 0.29) is 18.4 Å². The lowest BCUT2D eigenvalue weighted by Crippen LogP contribution is -2.28. The molecule has 0 aliphatic carbocycles. The van der Waals surface area contributed by atoms with Gasteiger partial charge in [0.15, 0.2) is 6.61 Å². The number of ether oxygens (including phenoxy) is 1. The molecule has 3 aromatic rings. The van der Waals surface area contributed by atoms with E-state index in [1.807, 2.05) is 44.2 Å². The average molecular weight is 389 g/mol. The van der Waals surface area contributed by atoms with Crippen molar-refractivity contribution >= 4 is 17.5 Å². The molecule has 0 aliphatic heterocycles. The second kappa shape index (κ2) is 9.50. The zero-order valence-corrected chi connectivity index (χ0v) is 16.4. The molecular weight excluding hydrogens is 366 g/mol. The van der Waals surface area contributed by atoms with Crippen LogP contribution in [0.25, 0.3) is 0 Å². The molecule has 6 nitrogen and oxygen atoms in total. The van der Waals surface area contributed by atoms with Crippen LogP contribution < -0.4 is 15.4 Å². The van der Waals surface area contributed by atoms with Crippen LogP contribution in [0.1, 0.15) is 27.0 Å². The van der Waals surface area contributed by atoms with Crippen molar-refractivity contribution in [2.45, 2.75) is 20.4 Å². The Hall–Kier alpha value is -3.67. The number of amides is 2. The molecule has 0 saturated heterocycles. The number of carbonyl (C=O) groups excluding carboxylic acids is 2. The second-order valence-corrected chi connectivity index (χ2v) is 6.73.